The van der Waals surface area contributed by atoms with Crippen LogP contribution in [0.2, 0.25) is 0 Å². The molecule has 0 spiro atoms. The molecule has 0 aliphatic carbocycles. The zero-order valence-electron chi connectivity index (χ0n) is 13.8. The van der Waals surface area contributed by atoms with Gasteiger partial charge in [-0.2, -0.15) is 0 Å². The van der Waals surface area contributed by atoms with Crippen molar-refractivity contribution in [3.63, 3.8) is 0 Å². The van der Waals surface area contributed by atoms with Crippen LogP contribution in [0.25, 0.3) is 0 Å². The van der Waals surface area contributed by atoms with Gasteiger partial charge in [-0.3, -0.25) is 4.79 Å². The van der Waals surface area contributed by atoms with Crippen LogP contribution in [0.4, 0.5) is 10.1 Å². The van der Waals surface area contributed by atoms with E-state index in [1.165, 1.54) is 17.8 Å². The Morgan fingerprint density at radius 2 is 1.96 bits per heavy atom. The molecule has 2 aromatic rings. The molecule has 5 heteroatoms. The quantitative estimate of drug-likeness (QED) is 0.607. The number of amides is 1. The van der Waals surface area contributed by atoms with Crippen LogP contribution in [0.15, 0.2) is 53.7 Å². The standard InChI is InChI=1S/C19H21FN2O2/c1-3-14(2)15-8-10-17(11-9-15)22-19(23)13-24-21-12-16-6-4-5-7-18(16)20/h4-12,14H,3,13H2,1-2H3,(H,22,23)/b21-12-/t14-/m1/s1. The first-order valence-electron chi connectivity index (χ1n) is 7.89. The fourth-order valence-corrected chi connectivity index (χ4v) is 2.10. The molecule has 2 rings (SSSR count). The zero-order chi connectivity index (χ0) is 17.4. The molecule has 0 saturated carbocycles. The van der Waals surface area contributed by atoms with Gasteiger partial charge in [0.1, 0.15) is 5.82 Å². The summed E-state index contributed by atoms with van der Waals surface area (Å²) in [4.78, 5) is 16.7. The Labute approximate surface area is 141 Å². The molecule has 0 aliphatic rings. The molecule has 126 valence electrons. The molecule has 2 aromatic carbocycles. The van der Waals surface area contributed by atoms with Crippen LogP contribution in [-0.2, 0) is 9.63 Å². The maximum absolute atomic E-state index is 13.4. The third-order valence-corrected chi connectivity index (χ3v) is 3.74. The van der Waals surface area contributed by atoms with Crippen LogP contribution in [0.5, 0.6) is 0 Å². The van der Waals surface area contributed by atoms with Crippen molar-refractivity contribution in [3.05, 3.63) is 65.5 Å². The lowest BCUT2D eigenvalue weighted by atomic mass is 9.99. The third kappa shape index (κ3) is 5.19. The predicted molar refractivity (Wildman–Crippen MR) is 93.7 cm³/mol. The van der Waals surface area contributed by atoms with E-state index in [1.807, 2.05) is 24.3 Å². The van der Waals surface area contributed by atoms with Crippen molar-refractivity contribution >= 4 is 17.8 Å². The minimum Gasteiger partial charge on any atom is -0.386 e. The highest BCUT2D eigenvalue weighted by Gasteiger charge is 2.05. The average molecular weight is 328 g/mol. The van der Waals surface area contributed by atoms with E-state index in [4.69, 9.17) is 4.84 Å². The number of carbonyl (C=O) groups is 1. The van der Waals surface area contributed by atoms with Gasteiger partial charge in [-0.1, -0.05) is 49.3 Å². The summed E-state index contributed by atoms with van der Waals surface area (Å²) >= 11 is 0. The van der Waals surface area contributed by atoms with E-state index in [9.17, 15) is 9.18 Å². The second kappa shape index (κ2) is 8.82. The van der Waals surface area contributed by atoms with E-state index in [2.05, 4.69) is 24.3 Å². The van der Waals surface area contributed by atoms with Gasteiger partial charge in [-0.05, 0) is 36.1 Å². The zero-order valence-corrected chi connectivity index (χ0v) is 13.8. The van der Waals surface area contributed by atoms with Gasteiger partial charge in [0.25, 0.3) is 5.91 Å². The lowest BCUT2D eigenvalue weighted by Gasteiger charge is -2.10. The van der Waals surface area contributed by atoms with Crippen molar-refractivity contribution in [2.45, 2.75) is 26.2 Å². The summed E-state index contributed by atoms with van der Waals surface area (Å²) in [5.41, 5.74) is 2.24. The smallest absolute Gasteiger partial charge is 0.265 e. The van der Waals surface area contributed by atoms with Gasteiger partial charge >= 0.3 is 0 Å². The number of rotatable bonds is 7. The summed E-state index contributed by atoms with van der Waals surface area (Å²) < 4.78 is 13.4. The van der Waals surface area contributed by atoms with E-state index in [1.54, 1.807) is 18.2 Å². The molecule has 0 bridgehead atoms. The number of hydrogen-bond acceptors (Lipinski definition) is 3. The SMILES string of the molecule is CC[C@@H](C)c1ccc(NC(=O)CO/N=C\c2ccccc2F)cc1. The third-order valence-electron chi connectivity index (χ3n) is 3.74. The maximum atomic E-state index is 13.4. The van der Waals surface area contributed by atoms with E-state index < -0.39 is 5.82 Å². The van der Waals surface area contributed by atoms with E-state index in [-0.39, 0.29) is 12.5 Å². The summed E-state index contributed by atoms with van der Waals surface area (Å²) in [5.74, 6) is -0.224. The van der Waals surface area contributed by atoms with Crippen LogP contribution in [0.1, 0.15) is 37.3 Å². The highest BCUT2D eigenvalue weighted by Crippen LogP contribution is 2.20. The largest absolute Gasteiger partial charge is 0.386 e. The molecule has 0 fully saturated rings. The molecule has 24 heavy (non-hydrogen) atoms. The number of oxime groups is 1. The van der Waals surface area contributed by atoms with Crippen molar-refractivity contribution in [1.82, 2.24) is 0 Å². The molecule has 1 amide bonds. The summed E-state index contributed by atoms with van der Waals surface area (Å²) in [6, 6.07) is 13.9. The normalized spacial score (nSPS) is 12.1. The van der Waals surface area contributed by atoms with Gasteiger partial charge in [0.15, 0.2) is 6.61 Å². The number of carbonyl (C=O) groups excluding carboxylic acids is 1. The molecule has 0 heterocycles. The second-order valence-corrected chi connectivity index (χ2v) is 5.51. The minimum absolute atomic E-state index is 0.238. The van der Waals surface area contributed by atoms with Crippen LogP contribution < -0.4 is 5.32 Å². The summed E-state index contributed by atoms with van der Waals surface area (Å²) in [6.07, 6.45) is 2.31. The Bertz CT molecular complexity index is 699. The lowest BCUT2D eigenvalue weighted by Crippen LogP contribution is -2.17. The van der Waals surface area contributed by atoms with E-state index in [0.717, 1.165) is 6.42 Å². The summed E-state index contributed by atoms with van der Waals surface area (Å²) in [5, 5.41) is 6.33. The van der Waals surface area contributed by atoms with Gasteiger partial charge in [0.2, 0.25) is 0 Å². The Morgan fingerprint density at radius 1 is 1.25 bits per heavy atom. The van der Waals surface area contributed by atoms with Gasteiger partial charge in [-0.15, -0.1) is 0 Å². The molecule has 0 aromatic heterocycles. The van der Waals surface area contributed by atoms with Crippen molar-refractivity contribution < 1.29 is 14.0 Å². The molecule has 0 saturated heterocycles. The highest BCUT2D eigenvalue weighted by atomic mass is 19.1. The van der Waals surface area contributed by atoms with E-state index >= 15 is 0 Å². The first-order chi connectivity index (χ1) is 11.6. The number of benzene rings is 2. The molecule has 0 unspecified atom stereocenters. The van der Waals surface area contributed by atoms with Crippen LogP contribution in [0.3, 0.4) is 0 Å². The minimum atomic E-state index is -0.393. The van der Waals surface area contributed by atoms with Crippen molar-refractivity contribution in [3.8, 4) is 0 Å². The fraction of sp³-hybridized carbons (Fsp3) is 0.263. The van der Waals surface area contributed by atoms with Crippen molar-refractivity contribution in [1.29, 1.82) is 0 Å². The number of nitrogens with zero attached hydrogens (tertiary/aromatic N) is 1. The van der Waals surface area contributed by atoms with Gasteiger partial charge in [0.05, 0.1) is 6.21 Å². The van der Waals surface area contributed by atoms with Gasteiger partial charge in [-0.25, -0.2) is 4.39 Å². The average Bonchev–Trinajstić information content (AvgIpc) is 2.60. The van der Waals surface area contributed by atoms with E-state index in [0.29, 0.717) is 17.2 Å². The predicted octanol–water partition coefficient (Wildman–Crippen LogP) is 4.33. The lowest BCUT2D eigenvalue weighted by molar-refractivity contribution is -0.120. The first-order valence-corrected chi connectivity index (χ1v) is 7.89. The number of hydrogen-bond donors (Lipinski definition) is 1. The second-order valence-electron chi connectivity index (χ2n) is 5.51. The molecule has 0 aliphatic heterocycles. The Hall–Kier alpha value is -2.69. The Balaban J connectivity index is 1.80. The molecule has 0 radical (unpaired) electrons. The van der Waals surface area contributed by atoms with Gasteiger partial charge < -0.3 is 10.2 Å². The summed E-state index contributed by atoms with van der Waals surface area (Å²) in [6.45, 7) is 4.06. The molecule has 4 nitrogen and oxygen atoms in total. The monoisotopic (exact) mass is 328 g/mol. The molecule has 1 atom stereocenters. The summed E-state index contributed by atoms with van der Waals surface area (Å²) in [7, 11) is 0. The fourth-order valence-electron chi connectivity index (χ4n) is 2.10. The van der Waals surface area contributed by atoms with Crippen LogP contribution in [-0.4, -0.2) is 18.7 Å². The van der Waals surface area contributed by atoms with Crippen LogP contribution in [0, 0.1) is 5.82 Å². The number of anilines is 1. The number of halogens is 1. The van der Waals surface area contributed by atoms with Crippen LogP contribution >= 0.6 is 0 Å². The maximum Gasteiger partial charge on any atom is 0.265 e. The van der Waals surface area contributed by atoms with Crippen molar-refractivity contribution in [2.24, 2.45) is 5.16 Å². The molecular weight excluding hydrogens is 307 g/mol. The van der Waals surface area contributed by atoms with Crippen molar-refractivity contribution in [2.75, 3.05) is 11.9 Å². The number of nitrogens with one attached hydrogen (secondary N) is 1. The highest BCUT2D eigenvalue weighted by molar-refractivity contribution is 5.91. The molecule has 1 N–H and O–H groups in total. The molecular formula is C19H21FN2O2. The Kier molecular flexibility index (Phi) is 6.49. The van der Waals surface area contributed by atoms with Gasteiger partial charge in [0, 0.05) is 11.3 Å². The Morgan fingerprint density at radius 3 is 2.62 bits per heavy atom. The first kappa shape index (κ1) is 17.7. The topological polar surface area (TPSA) is 50.7 Å².